The van der Waals surface area contributed by atoms with Gasteiger partial charge in [0.05, 0.1) is 10.8 Å². The van der Waals surface area contributed by atoms with Crippen LogP contribution in [0.4, 0.5) is 0 Å². The standard InChI is InChI=1S/C14H23NOS/c1-5-6-13(15-4)10-17(16)14-9-11(2)7-8-12(14)3/h7-9,13,15H,5-6,10H2,1-4H3. The fraction of sp³-hybridized carbons (Fsp3) is 0.571. The molecule has 0 saturated carbocycles. The van der Waals surface area contributed by atoms with Crippen LogP contribution in [0, 0.1) is 13.8 Å². The van der Waals surface area contributed by atoms with Gasteiger partial charge in [0.2, 0.25) is 0 Å². The monoisotopic (exact) mass is 253 g/mol. The molecule has 0 amide bonds. The average molecular weight is 253 g/mol. The minimum absolute atomic E-state index is 0.348. The van der Waals surface area contributed by atoms with Gasteiger partial charge < -0.3 is 5.32 Å². The van der Waals surface area contributed by atoms with Gasteiger partial charge in [0.15, 0.2) is 0 Å². The Bertz CT molecular complexity index is 390. The second-order valence-electron chi connectivity index (χ2n) is 4.56. The summed E-state index contributed by atoms with van der Waals surface area (Å²) in [6.45, 7) is 6.23. The molecule has 0 fully saturated rings. The van der Waals surface area contributed by atoms with Crippen molar-refractivity contribution in [1.29, 1.82) is 0 Å². The zero-order valence-electron chi connectivity index (χ0n) is 11.2. The van der Waals surface area contributed by atoms with Crippen molar-refractivity contribution < 1.29 is 4.21 Å². The van der Waals surface area contributed by atoms with Gasteiger partial charge >= 0.3 is 0 Å². The second kappa shape index (κ2) is 6.92. The van der Waals surface area contributed by atoms with E-state index in [0.717, 1.165) is 23.3 Å². The molecule has 1 N–H and O–H groups in total. The summed E-state index contributed by atoms with van der Waals surface area (Å²) in [4.78, 5) is 0.987. The highest BCUT2D eigenvalue weighted by Gasteiger charge is 2.13. The maximum absolute atomic E-state index is 12.3. The van der Waals surface area contributed by atoms with Crippen molar-refractivity contribution in [2.75, 3.05) is 12.8 Å². The number of benzene rings is 1. The minimum atomic E-state index is -0.899. The highest BCUT2D eigenvalue weighted by molar-refractivity contribution is 7.85. The lowest BCUT2D eigenvalue weighted by Crippen LogP contribution is -2.31. The summed E-state index contributed by atoms with van der Waals surface area (Å²) in [7, 11) is 1.05. The topological polar surface area (TPSA) is 29.1 Å². The molecule has 96 valence electrons. The molecule has 2 atom stereocenters. The number of nitrogens with one attached hydrogen (secondary N) is 1. The normalized spacial score (nSPS) is 14.6. The third-order valence-corrected chi connectivity index (χ3v) is 4.62. The maximum Gasteiger partial charge on any atom is 0.0548 e. The first-order valence-electron chi connectivity index (χ1n) is 6.21. The van der Waals surface area contributed by atoms with Crippen LogP contribution in [0.2, 0.25) is 0 Å². The van der Waals surface area contributed by atoms with E-state index in [2.05, 4.69) is 24.4 Å². The quantitative estimate of drug-likeness (QED) is 0.844. The van der Waals surface area contributed by atoms with Crippen LogP contribution in [0.25, 0.3) is 0 Å². The molecule has 0 aliphatic heterocycles. The highest BCUT2D eigenvalue weighted by Crippen LogP contribution is 2.16. The van der Waals surface area contributed by atoms with Crippen LogP contribution in [-0.2, 0) is 10.8 Å². The van der Waals surface area contributed by atoms with Gasteiger partial charge in [-0.15, -0.1) is 0 Å². The summed E-state index contributed by atoms with van der Waals surface area (Å²) in [5, 5.41) is 3.24. The molecule has 0 radical (unpaired) electrons. The first kappa shape index (κ1) is 14.4. The van der Waals surface area contributed by atoms with Gasteiger partial charge in [-0.2, -0.15) is 0 Å². The smallest absolute Gasteiger partial charge is 0.0548 e. The Morgan fingerprint density at radius 3 is 2.65 bits per heavy atom. The van der Waals surface area contributed by atoms with E-state index in [1.807, 2.05) is 27.0 Å². The molecule has 0 heterocycles. The summed E-state index contributed by atoms with van der Waals surface area (Å²) in [5.74, 6) is 0.703. The predicted molar refractivity (Wildman–Crippen MR) is 74.9 cm³/mol. The van der Waals surface area contributed by atoms with Crippen LogP contribution in [0.15, 0.2) is 23.1 Å². The first-order valence-corrected chi connectivity index (χ1v) is 7.53. The van der Waals surface area contributed by atoms with Gasteiger partial charge in [-0.3, -0.25) is 4.21 Å². The zero-order valence-corrected chi connectivity index (χ0v) is 12.1. The fourth-order valence-corrected chi connectivity index (χ4v) is 3.51. The third kappa shape index (κ3) is 4.25. The molecule has 2 unspecified atom stereocenters. The summed E-state index contributed by atoms with van der Waals surface area (Å²) >= 11 is 0. The molecular weight excluding hydrogens is 230 g/mol. The number of hydrogen-bond acceptors (Lipinski definition) is 2. The van der Waals surface area contributed by atoms with Crippen molar-refractivity contribution in [3.63, 3.8) is 0 Å². The molecule has 1 aromatic carbocycles. The largest absolute Gasteiger partial charge is 0.316 e. The molecule has 3 heteroatoms. The van der Waals surface area contributed by atoms with Crippen LogP contribution < -0.4 is 5.32 Å². The molecule has 17 heavy (non-hydrogen) atoms. The lowest BCUT2D eigenvalue weighted by molar-refractivity contribution is 0.557. The summed E-state index contributed by atoms with van der Waals surface area (Å²) in [5.41, 5.74) is 2.30. The van der Waals surface area contributed by atoms with Crippen LogP contribution in [-0.4, -0.2) is 23.1 Å². The summed E-state index contributed by atoms with van der Waals surface area (Å²) in [6.07, 6.45) is 2.20. The van der Waals surface area contributed by atoms with Crippen LogP contribution in [0.3, 0.4) is 0 Å². The third-order valence-electron chi connectivity index (χ3n) is 2.99. The van der Waals surface area contributed by atoms with Gasteiger partial charge in [0.1, 0.15) is 0 Å². The van der Waals surface area contributed by atoms with E-state index in [0.29, 0.717) is 11.8 Å². The van der Waals surface area contributed by atoms with Gasteiger partial charge in [-0.05, 0) is 44.5 Å². The molecule has 0 aliphatic rings. The van der Waals surface area contributed by atoms with E-state index in [-0.39, 0.29) is 0 Å². The molecule has 0 saturated heterocycles. The highest BCUT2D eigenvalue weighted by atomic mass is 32.2. The molecule has 0 bridgehead atoms. The van der Waals surface area contributed by atoms with E-state index < -0.39 is 10.8 Å². The fourth-order valence-electron chi connectivity index (χ4n) is 1.88. The van der Waals surface area contributed by atoms with Gasteiger partial charge in [-0.25, -0.2) is 0 Å². The Kier molecular flexibility index (Phi) is 5.86. The van der Waals surface area contributed by atoms with Crippen LogP contribution >= 0.6 is 0 Å². The van der Waals surface area contributed by atoms with E-state index in [1.54, 1.807) is 0 Å². The first-order chi connectivity index (χ1) is 8.08. The lowest BCUT2D eigenvalue weighted by atomic mass is 10.2. The second-order valence-corrected chi connectivity index (χ2v) is 6.02. The molecule has 0 spiro atoms. The summed E-state index contributed by atoms with van der Waals surface area (Å²) < 4.78 is 12.3. The molecule has 2 nitrogen and oxygen atoms in total. The van der Waals surface area contributed by atoms with Crippen LogP contribution in [0.5, 0.6) is 0 Å². The van der Waals surface area contributed by atoms with Crippen molar-refractivity contribution >= 4 is 10.8 Å². The van der Waals surface area contributed by atoms with Crippen molar-refractivity contribution in [3.8, 4) is 0 Å². The van der Waals surface area contributed by atoms with Crippen molar-refractivity contribution in [2.45, 2.75) is 44.6 Å². The maximum atomic E-state index is 12.3. The van der Waals surface area contributed by atoms with Crippen molar-refractivity contribution in [3.05, 3.63) is 29.3 Å². The van der Waals surface area contributed by atoms with Crippen molar-refractivity contribution in [2.24, 2.45) is 0 Å². The Hall–Kier alpha value is -0.670. The number of rotatable bonds is 6. The van der Waals surface area contributed by atoms with Gasteiger partial charge in [-0.1, -0.05) is 25.5 Å². The molecular formula is C14H23NOS. The van der Waals surface area contributed by atoms with E-state index in [1.165, 1.54) is 5.56 Å². The van der Waals surface area contributed by atoms with E-state index in [4.69, 9.17) is 0 Å². The minimum Gasteiger partial charge on any atom is -0.316 e. The molecule has 1 aromatic rings. The molecule has 1 rings (SSSR count). The Morgan fingerprint density at radius 1 is 1.35 bits per heavy atom. The summed E-state index contributed by atoms with van der Waals surface area (Å²) in [6, 6.07) is 6.51. The van der Waals surface area contributed by atoms with Gasteiger partial charge in [0, 0.05) is 16.7 Å². The number of hydrogen-bond donors (Lipinski definition) is 1. The van der Waals surface area contributed by atoms with E-state index >= 15 is 0 Å². The predicted octanol–water partition coefficient (Wildman–Crippen LogP) is 2.80. The Morgan fingerprint density at radius 2 is 2.06 bits per heavy atom. The molecule has 0 aliphatic carbocycles. The lowest BCUT2D eigenvalue weighted by Gasteiger charge is -2.15. The Labute approximate surface area is 107 Å². The number of aryl methyl sites for hydroxylation is 2. The SMILES string of the molecule is CCCC(CS(=O)c1cc(C)ccc1C)NC. The Balaban J connectivity index is 2.78. The van der Waals surface area contributed by atoms with Crippen molar-refractivity contribution in [1.82, 2.24) is 5.32 Å². The molecule has 0 aromatic heterocycles. The van der Waals surface area contributed by atoms with Gasteiger partial charge in [0.25, 0.3) is 0 Å². The zero-order chi connectivity index (χ0) is 12.8. The van der Waals surface area contributed by atoms with E-state index in [9.17, 15) is 4.21 Å². The van der Waals surface area contributed by atoms with Crippen LogP contribution in [0.1, 0.15) is 30.9 Å². The average Bonchev–Trinajstić information content (AvgIpc) is 2.31.